The minimum absolute atomic E-state index is 0.270. The van der Waals surface area contributed by atoms with Gasteiger partial charge < -0.3 is 15.2 Å². The molecule has 2 aromatic carbocycles. The van der Waals surface area contributed by atoms with Gasteiger partial charge in [-0.15, -0.1) is 11.3 Å². The Morgan fingerprint density at radius 1 is 0.952 bits per heavy atom. The van der Waals surface area contributed by atoms with Crippen molar-refractivity contribution in [1.82, 2.24) is 0 Å². The Kier molecular flexibility index (Phi) is 3.82. The molecule has 0 spiro atoms. The van der Waals surface area contributed by atoms with Gasteiger partial charge in [-0.25, -0.2) is 0 Å². The number of thiophene rings is 1. The zero-order valence-electron chi connectivity index (χ0n) is 12.0. The van der Waals surface area contributed by atoms with Crippen LogP contribution in [0.1, 0.15) is 16.5 Å². The molecule has 0 aliphatic heterocycles. The fraction of sp³-hybridized carbons (Fsp3) is 0.176. The van der Waals surface area contributed by atoms with Crippen LogP contribution >= 0.6 is 11.3 Å². The summed E-state index contributed by atoms with van der Waals surface area (Å²) in [5.74, 6) is 1.50. The first-order chi connectivity index (χ1) is 10.2. The second-order valence-electron chi connectivity index (χ2n) is 4.74. The lowest BCUT2D eigenvalue weighted by atomic mass is 10.0. The van der Waals surface area contributed by atoms with Crippen LogP contribution in [-0.2, 0) is 0 Å². The van der Waals surface area contributed by atoms with Crippen LogP contribution in [0, 0.1) is 0 Å². The Morgan fingerprint density at radius 2 is 1.62 bits per heavy atom. The fourth-order valence-electron chi connectivity index (χ4n) is 2.48. The summed E-state index contributed by atoms with van der Waals surface area (Å²) in [6, 6.07) is 15.9. The van der Waals surface area contributed by atoms with Crippen LogP contribution in [0.5, 0.6) is 11.5 Å². The molecule has 1 unspecified atom stereocenters. The van der Waals surface area contributed by atoms with E-state index < -0.39 is 0 Å². The van der Waals surface area contributed by atoms with E-state index in [0.717, 1.165) is 21.9 Å². The predicted molar refractivity (Wildman–Crippen MR) is 87.4 cm³/mol. The van der Waals surface area contributed by atoms with Crippen LogP contribution in [-0.4, -0.2) is 14.2 Å². The summed E-state index contributed by atoms with van der Waals surface area (Å²) in [6.07, 6.45) is 0. The smallest absolute Gasteiger partial charge is 0.127 e. The van der Waals surface area contributed by atoms with Gasteiger partial charge in [-0.05, 0) is 29.7 Å². The summed E-state index contributed by atoms with van der Waals surface area (Å²) in [5.41, 5.74) is 7.37. The van der Waals surface area contributed by atoms with Gasteiger partial charge in [0.25, 0.3) is 0 Å². The molecule has 3 nitrogen and oxygen atoms in total. The molecular weight excluding hydrogens is 282 g/mol. The maximum atomic E-state index is 6.48. The molecule has 0 radical (unpaired) electrons. The average molecular weight is 299 g/mol. The number of methoxy groups -OCH3 is 2. The molecule has 1 aromatic heterocycles. The highest BCUT2D eigenvalue weighted by atomic mass is 32.1. The SMILES string of the molecule is COc1cccc(OC)c1C(N)c1cc2ccccc2s1. The van der Waals surface area contributed by atoms with E-state index in [0.29, 0.717) is 0 Å². The second-order valence-corrected chi connectivity index (χ2v) is 5.86. The Bertz CT molecular complexity index is 711. The maximum Gasteiger partial charge on any atom is 0.127 e. The largest absolute Gasteiger partial charge is 0.496 e. The van der Waals surface area contributed by atoms with E-state index in [1.54, 1.807) is 25.6 Å². The molecule has 1 heterocycles. The predicted octanol–water partition coefficient (Wildman–Crippen LogP) is 3.97. The van der Waals surface area contributed by atoms with Crippen molar-refractivity contribution in [3.05, 3.63) is 59.0 Å². The first kappa shape index (κ1) is 13.9. The van der Waals surface area contributed by atoms with Crippen molar-refractivity contribution >= 4 is 21.4 Å². The molecule has 21 heavy (non-hydrogen) atoms. The highest BCUT2D eigenvalue weighted by molar-refractivity contribution is 7.19. The number of rotatable bonds is 4. The van der Waals surface area contributed by atoms with Gasteiger partial charge in [-0.2, -0.15) is 0 Å². The van der Waals surface area contributed by atoms with Gasteiger partial charge in [0.15, 0.2) is 0 Å². The summed E-state index contributed by atoms with van der Waals surface area (Å²) >= 11 is 1.70. The second kappa shape index (κ2) is 5.76. The van der Waals surface area contributed by atoms with Crippen molar-refractivity contribution in [1.29, 1.82) is 0 Å². The molecule has 3 rings (SSSR count). The fourth-order valence-corrected chi connectivity index (χ4v) is 3.56. The molecule has 0 saturated carbocycles. The lowest BCUT2D eigenvalue weighted by Crippen LogP contribution is -2.13. The molecule has 4 heteroatoms. The van der Waals surface area contributed by atoms with E-state index in [2.05, 4.69) is 18.2 Å². The minimum atomic E-state index is -0.270. The number of benzene rings is 2. The Hall–Kier alpha value is -2.04. The zero-order chi connectivity index (χ0) is 14.8. The molecule has 108 valence electrons. The van der Waals surface area contributed by atoms with Crippen LogP contribution < -0.4 is 15.2 Å². The van der Waals surface area contributed by atoms with Crippen molar-refractivity contribution in [2.24, 2.45) is 5.73 Å². The molecule has 0 aliphatic rings. The summed E-state index contributed by atoms with van der Waals surface area (Å²) in [6.45, 7) is 0. The van der Waals surface area contributed by atoms with Crippen molar-refractivity contribution in [3.63, 3.8) is 0 Å². The number of nitrogens with two attached hydrogens (primary N) is 1. The third kappa shape index (κ3) is 2.48. The van der Waals surface area contributed by atoms with Crippen molar-refractivity contribution in [2.45, 2.75) is 6.04 Å². The van der Waals surface area contributed by atoms with Gasteiger partial charge in [0, 0.05) is 9.58 Å². The van der Waals surface area contributed by atoms with Crippen molar-refractivity contribution in [3.8, 4) is 11.5 Å². The van der Waals surface area contributed by atoms with Crippen LogP contribution in [0.4, 0.5) is 0 Å². The topological polar surface area (TPSA) is 44.5 Å². The van der Waals surface area contributed by atoms with Crippen LogP contribution in [0.15, 0.2) is 48.5 Å². The summed E-state index contributed by atoms with van der Waals surface area (Å²) < 4.78 is 12.1. The standard InChI is InChI=1S/C17H17NO2S/c1-19-12-7-5-8-13(20-2)16(12)17(18)15-10-11-6-3-4-9-14(11)21-15/h3-10,17H,18H2,1-2H3. The van der Waals surface area contributed by atoms with Gasteiger partial charge in [0.05, 0.1) is 25.8 Å². The van der Waals surface area contributed by atoms with E-state index in [9.17, 15) is 0 Å². The highest BCUT2D eigenvalue weighted by Gasteiger charge is 2.20. The average Bonchev–Trinajstić information content (AvgIpc) is 2.97. The zero-order valence-corrected chi connectivity index (χ0v) is 12.8. The monoisotopic (exact) mass is 299 g/mol. The van der Waals surface area contributed by atoms with Gasteiger partial charge in [-0.1, -0.05) is 24.3 Å². The van der Waals surface area contributed by atoms with Gasteiger partial charge >= 0.3 is 0 Å². The van der Waals surface area contributed by atoms with Crippen molar-refractivity contribution in [2.75, 3.05) is 14.2 Å². The summed E-state index contributed by atoms with van der Waals surface area (Å²) in [5, 5.41) is 1.21. The third-order valence-corrected chi connectivity index (χ3v) is 4.73. The quantitative estimate of drug-likeness (QED) is 0.793. The van der Waals surface area contributed by atoms with Crippen LogP contribution in [0.3, 0.4) is 0 Å². The number of hydrogen-bond acceptors (Lipinski definition) is 4. The Labute approximate surface area is 127 Å². The maximum absolute atomic E-state index is 6.48. The van der Waals surface area contributed by atoms with E-state index in [1.807, 2.05) is 30.3 Å². The van der Waals surface area contributed by atoms with Crippen LogP contribution in [0.2, 0.25) is 0 Å². The minimum Gasteiger partial charge on any atom is -0.496 e. The number of fused-ring (bicyclic) bond motifs is 1. The van der Waals surface area contributed by atoms with E-state index in [4.69, 9.17) is 15.2 Å². The highest BCUT2D eigenvalue weighted by Crippen LogP contribution is 2.39. The number of hydrogen-bond donors (Lipinski definition) is 1. The Balaban J connectivity index is 2.11. The van der Waals surface area contributed by atoms with E-state index >= 15 is 0 Å². The molecule has 2 N–H and O–H groups in total. The molecular formula is C17H17NO2S. The molecule has 0 aliphatic carbocycles. The normalized spacial score (nSPS) is 12.3. The molecule has 0 saturated heterocycles. The molecule has 0 bridgehead atoms. The van der Waals surface area contributed by atoms with E-state index in [-0.39, 0.29) is 6.04 Å². The Morgan fingerprint density at radius 3 is 2.24 bits per heavy atom. The molecule has 1 atom stereocenters. The molecule has 3 aromatic rings. The lowest BCUT2D eigenvalue weighted by Gasteiger charge is -2.17. The summed E-state index contributed by atoms with van der Waals surface area (Å²) in [4.78, 5) is 1.10. The molecule has 0 fully saturated rings. The number of ether oxygens (including phenoxy) is 2. The first-order valence-corrected chi connectivity index (χ1v) is 7.51. The third-order valence-electron chi connectivity index (χ3n) is 3.53. The van der Waals surface area contributed by atoms with Crippen molar-refractivity contribution < 1.29 is 9.47 Å². The molecule has 0 amide bonds. The van der Waals surface area contributed by atoms with Gasteiger partial charge in [0.1, 0.15) is 11.5 Å². The first-order valence-electron chi connectivity index (χ1n) is 6.69. The lowest BCUT2D eigenvalue weighted by molar-refractivity contribution is 0.382. The van der Waals surface area contributed by atoms with E-state index in [1.165, 1.54) is 10.1 Å². The summed E-state index contributed by atoms with van der Waals surface area (Å²) in [7, 11) is 3.30. The van der Waals surface area contributed by atoms with Gasteiger partial charge in [0.2, 0.25) is 0 Å². The van der Waals surface area contributed by atoms with Gasteiger partial charge in [-0.3, -0.25) is 0 Å². The van der Waals surface area contributed by atoms with Crippen LogP contribution in [0.25, 0.3) is 10.1 Å².